The smallest absolute Gasteiger partial charge is 0.359 e. The quantitative estimate of drug-likeness (QED) is 0.346. The lowest BCUT2D eigenvalue weighted by molar-refractivity contribution is -0.385. The lowest BCUT2D eigenvalue weighted by atomic mass is 9.95. The first kappa shape index (κ1) is 22.2. The van der Waals surface area contributed by atoms with Crippen molar-refractivity contribution in [1.29, 1.82) is 0 Å². The highest BCUT2D eigenvalue weighted by Gasteiger charge is 2.35. The highest BCUT2D eigenvalue weighted by molar-refractivity contribution is 5.93. The number of nitrogens with one attached hydrogen (secondary N) is 1. The summed E-state index contributed by atoms with van der Waals surface area (Å²) in [6.07, 6.45) is 1.66. The zero-order chi connectivity index (χ0) is 23.7. The summed E-state index contributed by atoms with van der Waals surface area (Å²) in [5.74, 6) is -1.79. The van der Waals surface area contributed by atoms with Crippen LogP contribution in [0.1, 0.15) is 57.6 Å². The van der Waals surface area contributed by atoms with Crippen molar-refractivity contribution in [3.05, 3.63) is 80.7 Å². The average Bonchev–Trinajstić information content (AvgIpc) is 3.43. The minimum atomic E-state index is -0.716. The number of esters is 1. The number of H-pyrrole nitrogens is 1. The van der Waals surface area contributed by atoms with Gasteiger partial charge in [0, 0.05) is 29.9 Å². The zero-order valence-electron chi connectivity index (χ0n) is 18.1. The van der Waals surface area contributed by atoms with Crippen LogP contribution in [0.2, 0.25) is 0 Å². The van der Waals surface area contributed by atoms with E-state index in [0.717, 1.165) is 12.1 Å². The maximum atomic E-state index is 13.6. The number of amides is 1. The molecule has 1 amide bonds. The van der Waals surface area contributed by atoms with Crippen molar-refractivity contribution in [2.45, 2.75) is 32.9 Å². The van der Waals surface area contributed by atoms with Crippen LogP contribution < -0.4 is 0 Å². The third-order valence-corrected chi connectivity index (χ3v) is 5.55. The Morgan fingerprint density at radius 1 is 1.36 bits per heavy atom. The summed E-state index contributed by atoms with van der Waals surface area (Å²) < 4.78 is 20.3. The predicted molar refractivity (Wildman–Crippen MR) is 114 cm³/mol. The number of fused-ring (bicyclic) bond motifs is 1. The van der Waals surface area contributed by atoms with Gasteiger partial charge in [0.15, 0.2) is 5.69 Å². The van der Waals surface area contributed by atoms with E-state index in [9.17, 15) is 24.1 Å². The number of carbonyl (C=O) groups excluding carboxylic acids is 2. The normalized spacial score (nSPS) is 15.2. The minimum Gasteiger partial charge on any atom is -0.461 e. The third-order valence-electron chi connectivity index (χ3n) is 5.55. The molecule has 10 nitrogen and oxygen atoms in total. The maximum absolute atomic E-state index is 13.6. The number of aromatic amines is 1. The molecule has 1 atom stereocenters. The molecule has 1 unspecified atom stereocenters. The largest absolute Gasteiger partial charge is 0.461 e. The molecule has 0 aliphatic carbocycles. The number of halogens is 1. The molecule has 1 N–H and O–H groups in total. The van der Waals surface area contributed by atoms with Crippen LogP contribution in [0.15, 0.2) is 36.5 Å². The molecular formula is C22H22FN5O5. The van der Waals surface area contributed by atoms with Crippen LogP contribution in [-0.4, -0.2) is 49.6 Å². The van der Waals surface area contributed by atoms with Gasteiger partial charge < -0.3 is 14.6 Å². The third kappa shape index (κ3) is 4.21. The second-order valence-corrected chi connectivity index (χ2v) is 7.79. The molecule has 3 aromatic rings. The van der Waals surface area contributed by atoms with Gasteiger partial charge in [0.2, 0.25) is 0 Å². The summed E-state index contributed by atoms with van der Waals surface area (Å²) in [5, 5.41) is 15.8. The Labute approximate surface area is 188 Å². The number of ether oxygens (including phenoxy) is 1. The highest BCUT2D eigenvalue weighted by atomic mass is 19.1. The molecule has 0 fully saturated rings. The van der Waals surface area contributed by atoms with Crippen molar-refractivity contribution in [2.24, 2.45) is 0 Å². The molecule has 1 aliphatic heterocycles. The van der Waals surface area contributed by atoms with Crippen molar-refractivity contribution in [3.63, 3.8) is 0 Å². The number of aromatic nitrogens is 3. The van der Waals surface area contributed by atoms with Gasteiger partial charge >= 0.3 is 5.97 Å². The van der Waals surface area contributed by atoms with Gasteiger partial charge in [-0.15, -0.1) is 0 Å². The average molecular weight is 455 g/mol. The van der Waals surface area contributed by atoms with Crippen molar-refractivity contribution >= 4 is 17.6 Å². The Hall–Kier alpha value is -4.02. The summed E-state index contributed by atoms with van der Waals surface area (Å²) in [6.45, 7) is 4.17. The maximum Gasteiger partial charge on any atom is 0.359 e. The Balaban J connectivity index is 1.76. The summed E-state index contributed by atoms with van der Waals surface area (Å²) >= 11 is 0. The standard InChI is InChI=1S/C22H22FN5O5/c1-3-33-22(30)19-16-12-26(21(29)17-5-4-8-24-17)10-13(2)20(16)27(25-19)11-14-6-7-15(23)9-18(14)28(31)32/h4-9,13,24H,3,10-12H2,1-2H3. The van der Waals surface area contributed by atoms with Crippen LogP contribution >= 0.6 is 0 Å². The van der Waals surface area contributed by atoms with Gasteiger partial charge in [-0.2, -0.15) is 5.10 Å². The molecule has 3 heterocycles. The van der Waals surface area contributed by atoms with Crippen molar-refractivity contribution < 1.29 is 23.6 Å². The van der Waals surface area contributed by atoms with E-state index in [2.05, 4.69) is 10.1 Å². The fourth-order valence-corrected chi connectivity index (χ4v) is 4.17. The SMILES string of the molecule is CCOC(=O)c1nn(Cc2ccc(F)cc2[N+](=O)[O-])c2c1CN(C(=O)c1ccc[nH]1)CC2C. The van der Waals surface area contributed by atoms with Gasteiger partial charge in [-0.05, 0) is 31.2 Å². The van der Waals surface area contributed by atoms with Crippen molar-refractivity contribution in [2.75, 3.05) is 13.2 Å². The summed E-state index contributed by atoms with van der Waals surface area (Å²) in [6, 6.07) is 6.73. The zero-order valence-corrected chi connectivity index (χ0v) is 18.1. The lowest BCUT2D eigenvalue weighted by Gasteiger charge is -2.31. The molecule has 0 radical (unpaired) electrons. The van der Waals surface area contributed by atoms with Crippen LogP contribution in [-0.2, 0) is 17.8 Å². The number of nitro groups is 1. The number of carbonyl (C=O) groups is 2. The molecule has 0 bridgehead atoms. The molecule has 4 rings (SSSR count). The number of nitro benzene ring substituents is 1. The molecule has 1 aliphatic rings. The Morgan fingerprint density at radius 3 is 2.82 bits per heavy atom. The fourth-order valence-electron chi connectivity index (χ4n) is 4.17. The van der Waals surface area contributed by atoms with E-state index in [1.807, 2.05) is 6.92 Å². The van der Waals surface area contributed by atoms with E-state index < -0.39 is 16.7 Å². The van der Waals surface area contributed by atoms with Gasteiger partial charge in [0.1, 0.15) is 11.5 Å². The molecule has 2 aromatic heterocycles. The van der Waals surface area contributed by atoms with Gasteiger partial charge in [-0.1, -0.05) is 6.92 Å². The Bertz CT molecular complexity index is 1220. The van der Waals surface area contributed by atoms with Crippen LogP contribution in [0.5, 0.6) is 0 Å². The van der Waals surface area contributed by atoms with Gasteiger partial charge in [0.05, 0.1) is 36.2 Å². The Kier molecular flexibility index (Phi) is 5.95. The second kappa shape index (κ2) is 8.85. The van der Waals surface area contributed by atoms with Crippen LogP contribution in [0, 0.1) is 15.9 Å². The first-order chi connectivity index (χ1) is 15.8. The first-order valence-electron chi connectivity index (χ1n) is 10.4. The topological polar surface area (TPSA) is 123 Å². The number of benzene rings is 1. The van der Waals surface area contributed by atoms with Crippen molar-refractivity contribution in [3.8, 4) is 0 Å². The molecule has 0 spiro atoms. The number of rotatable bonds is 6. The van der Waals surface area contributed by atoms with E-state index in [1.165, 1.54) is 10.7 Å². The van der Waals surface area contributed by atoms with Crippen LogP contribution in [0.3, 0.4) is 0 Å². The van der Waals surface area contributed by atoms with Crippen molar-refractivity contribution in [1.82, 2.24) is 19.7 Å². The minimum absolute atomic E-state index is 0.0345. The number of hydrogen-bond acceptors (Lipinski definition) is 6. The summed E-state index contributed by atoms with van der Waals surface area (Å²) in [5.41, 5.74) is 1.59. The molecule has 0 saturated heterocycles. The monoisotopic (exact) mass is 455 g/mol. The Morgan fingerprint density at radius 2 is 2.15 bits per heavy atom. The van der Waals surface area contributed by atoms with E-state index in [0.29, 0.717) is 23.5 Å². The molecule has 33 heavy (non-hydrogen) atoms. The predicted octanol–water partition coefficient (Wildman–Crippen LogP) is 3.24. The van der Waals surface area contributed by atoms with E-state index in [1.54, 1.807) is 30.2 Å². The van der Waals surface area contributed by atoms with Gasteiger partial charge in [-0.25, -0.2) is 9.18 Å². The number of nitrogens with zero attached hydrogens (tertiary/aromatic N) is 4. The molecule has 11 heteroatoms. The second-order valence-electron chi connectivity index (χ2n) is 7.79. The summed E-state index contributed by atoms with van der Waals surface area (Å²) in [4.78, 5) is 40.9. The lowest BCUT2D eigenvalue weighted by Crippen LogP contribution is -2.38. The molecule has 1 aromatic carbocycles. The molecule has 0 saturated carbocycles. The number of hydrogen-bond donors (Lipinski definition) is 1. The van der Waals surface area contributed by atoms with E-state index in [-0.39, 0.29) is 48.5 Å². The van der Waals surface area contributed by atoms with E-state index in [4.69, 9.17) is 4.74 Å². The van der Waals surface area contributed by atoms with Gasteiger partial charge in [-0.3, -0.25) is 19.6 Å². The van der Waals surface area contributed by atoms with Crippen LogP contribution in [0.4, 0.5) is 10.1 Å². The van der Waals surface area contributed by atoms with E-state index >= 15 is 0 Å². The first-order valence-corrected chi connectivity index (χ1v) is 10.4. The molecule has 172 valence electrons. The fraction of sp³-hybridized carbons (Fsp3) is 0.318. The molecular weight excluding hydrogens is 433 g/mol. The summed E-state index contributed by atoms with van der Waals surface area (Å²) in [7, 11) is 0. The van der Waals surface area contributed by atoms with Gasteiger partial charge in [0.25, 0.3) is 11.6 Å². The highest BCUT2D eigenvalue weighted by Crippen LogP contribution is 2.33. The van der Waals surface area contributed by atoms with Crippen LogP contribution in [0.25, 0.3) is 0 Å².